The molecule has 1 unspecified atom stereocenters. The van der Waals surface area contributed by atoms with Gasteiger partial charge in [0.05, 0.1) is 0 Å². The number of Topliss-reactive ketones (excluding diaryl/α,β-unsaturated/α-hetero) is 2. The van der Waals surface area contributed by atoms with Crippen molar-refractivity contribution < 1.29 is 14.7 Å². The van der Waals surface area contributed by atoms with Crippen LogP contribution in [-0.4, -0.2) is 22.3 Å². The number of carbonyl (C=O) groups is 2. The molecule has 1 fully saturated rings. The summed E-state index contributed by atoms with van der Waals surface area (Å²) in [6.45, 7) is 16.5. The van der Waals surface area contributed by atoms with Gasteiger partial charge in [0, 0.05) is 37.2 Å². The van der Waals surface area contributed by atoms with Crippen LogP contribution in [0, 0.1) is 28.6 Å². The summed E-state index contributed by atoms with van der Waals surface area (Å²) in [4.78, 5) is 22.0. The molecule has 1 N–H and O–H groups in total. The number of aliphatic hydroxyl groups is 1. The van der Waals surface area contributed by atoms with Gasteiger partial charge in [-0.1, -0.05) is 59.6 Å². The third kappa shape index (κ3) is 14.4. The summed E-state index contributed by atoms with van der Waals surface area (Å²) in [6, 6.07) is 0. The fraction of sp³-hybridized carbons (Fsp3) is 0.733. The largest absolute Gasteiger partial charge is 0.378 e. The highest BCUT2D eigenvalue weighted by molar-refractivity contribution is 15.0. The average Bonchev–Trinajstić information content (AvgIpc) is 2.74. The minimum Gasteiger partial charge on any atom is -0.378 e. The number of carbonyl (C=O) groups excluding carboxylic acids is 2. The van der Waals surface area contributed by atoms with E-state index in [-0.39, 0.29) is 22.4 Å². The lowest BCUT2D eigenvalue weighted by molar-refractivity contribution is -0.114. The Kier molecular flexibility index (Phi) is 15.2. The lowest BCUT2D eigenvalue weighted by Gasteiger charge is -2.38. The highest BCUT2D eigenvalue weighted by Crippen LogP contribution is 2.40. The van der Waals surface area contributed by atoms with Crippen LogP contribution in [0.15, 0.2) is 23.3 Å². The van der Waals surface area contributed by atoms with Gasteiger partial charge in [-0.25, -0.2) is 0 Å². The highest BCUT2D eigenvalue weighted by Gasteiger charge is 2.36. The van der Waals surface area contributed by atoms with E-state index in [1.807, 2.05) is 0 Å². The average molecular weight is 711 g/mol. The predicted molar refractivity (Wildman–Crippen MR) is 167 cm³/mol. The van der Waals surface area contributed by atoms with Gasteiger partial charge in [-0.05, 0) is 105 Å². The Balaban J connectivity index is 0.000000478. The second-order valence-electron chi connectivity index (χ2n) is 12.6. The minimum absolute atomic E-state index is 0.222. The number of terminal acetylenes is 1. The van der Waals surface area contributed by atoms with Crippen molar-refractivity contribution in [2.45, 2.75) is 125 Å². The molecular weight excluding hydrogens is 662 g/mol. The van der Waals surface area contributed by atoms with Crippen molar-refractivity contribution in [1.82, 2.24) is 0 Å². The summed E-state index contributed by atoms with van der Waals surface area (Å²) >= 11 is 4.24. The van der Waals surface area contributed by atoms with Crippen molar-refractivity contribution in [3.05, 3.63) is 23.3 Å². The molecule has 0 aromatic carbocycles. The van der Waals surface area contributed by atoms with Gasteiger partial charge in [0.25, 0.3) is 0 Å². The Hall–Kier alpha value is -0.200. The number of hydrogen-bond donors (Lipinski definition) is 1. The van der Waals surface area contributed by atoms with Crippen molar-refractivity contribution in [3.63, 3.8) is 0 Å². The molecule has 5 heteroatoms. The van der Waals surface area contributed by atoms with Crippen molar-refractivity contribution in [3.8, 4) is 12.3 Å². The molecule has 0 spiro atoms. The normalized spacial score (nSPS) is 25.8. The molecule has 0 aliphatic heterocycles. The topological polar surface area (TPSA) is 54.4 Å². The maximum Gasteiger partial charge on any atom is 0.155 e. The first-order valence-electron chi connectivity index (χ1n) is 12.8. The summed E-state index contributed by atoms with van der Waals surface area (Å²) in [5, 5.41) is 9.78. The summed E-state index contributed by atoms with van der Waals surface area (Å²) in [7, 11) is 0. The summed E-state index contributed by atoms with van der Waals surface area (Å²) in [6.07, 6.45) is 19.8. The van der Waals surface area contributed by atoms with Crippen LogP contribution in [-0.2, 0) is 9.59 Å². The Morgan fingerprint density at radius 3 is 1.80 bits per heavy atom. The van der Waals surface area contributed by atoms with Gasteiger partial charge < -0.3 is 5.11 Å². The van der Waals surface area contributed by atoms with Gasteiger partial charge in [-0.2, -0.15) is 0 Å². The van der Waals surface area contributed by atoms with Crippen LogP contribution in [0.4, 0.5) is 0 Å². The van der Waals surface area contributed by atoms with Gasteiger partial charge >= 0.3 is 0 Å². The molecule has 0 heterocycles. The molecule has 3 rings (SSSR count). The Morgan fingerprint density at radius 1 is 0.886 bits per heavy atom. The number of ketones is 2. The quantitative estimate of drug-likeness (QED) is 0.230. The molecule has 35 heavy (non-hydrogen) atoms. The Labute approximate surface area is 239 Å². The van der Waals surface area contributed by atoms with Crippen LogP contribution in [0.3, 0.4) is 0 Å². The van der Waals surface area contributed by atoms with Crippen LogP contribution in [0.2, 0.25) is 0 Å². The fourth-order valence-corrected chi connectivity index (χ4v) is 5.16. The summed E-state index contributed by atoms with van der Waals surface area (Å²) < 4.78 is 0. The molecule has 1 saturated carbocycles. The van der Waals surface area contributed by atoms with E-state index in [0.717, 1.165) is 49.7 Å². The number of allylic oxidation sites excluding steroid dienone is 4. The first kappa shape index (κ1) is 34.8. The SMILES string of the molecule is C#CC1(O)CCCC(C)(C)C1.CC(=O)C1=CC(C)(C)CCC1.CC(=O)C1=CCCC(C)(C)C1.II. The predicted octanol–water partition coefficient (Wildman–Crippen LogP) is 9.15. The van der Waals surface area contributed by atoms with Crippen LogP contribution < -0.4 is 0 Å². The monoisotopic (exact) mass is 710 g/mol. The standard InChI is InChI=1S/3C10H16O.I2/c2*1-8(11)9-5-4-6-10(2,3)7-9;1-4-10(11)7-5-6-9(2,3)8-10;1-2/h7H,4-6H2,1-3H3;5H,4,6-7H2,1-3H3;1,11H,5-8H2,2-3H3;. The van der Waals surface area contributed by atoms with E-state index in [9.17, 15) is 14.7 Å². The summed E-state index contributed by atoms with van der Waals surface area (Å²) in [5.41, 5.74) is 2.05. The molecule has 0 saturated heterocycles. The molecule has 0 aromatic heterocycles. The Bertz CT molecular complexity index is 812. The van der Waals surface area contributed by atoms with Crippen molar-refractivity contribution in [1.29, 1.82) is 0 Å². The van der Waals surface area contributed by atoms with Crippen molar-refractivity contribution in [2.24, 2.45) is 16.2 Å². The third-order valence-electron chi connectivity index (χ3n) is 7.10. The molecule has 0 aromatic rings. The maximum atomic E-state index is 11.0. The van der Waals surface area contributed by atoms with E-state index in [1.54, 1.807) is 13.8 Å². The number of halogens is 2. The van der Waals surface area contributed by atoms with Crippen molar-refractivity contribution in [2.75, 3.05) is 0 Å². The molecule has 3 aliphatic carbocycles. The van der Waals surface area contributed by atoms with Crippen LogP contribution in [0.1, 0.15) is 120 Å². The lowest BCUT2D eigenvalue weighted by Crippen LogP contribution is -2.37. The van der Waals surface area contributed by atoms with E-state index >= 15 is 0 Å². The van der Waals surface area contributed by atoms with Crippen LogP contribution in [0.5, 0.6) is 0 Å². The zero-order valence-corrected chi connectivity index (χ0v) is 27.6. The maximum absolute atomic E-state index is 11.0. The molecule has 200 valence electrons. The second kappa shape index (κ2) is 15.3. The Morgan fingerprint density at radius 2 is 1.46 bits per heavy atom. The molecule has 1 atom stereocenters. The fourth-order valence-electron chi connectivity index (χ4n) is 5.16. The first-order valence-corrected chi connectivity index (χ1v) is 19.1. The van der Waals surface area contributed by atoms with E-state index in [0.29, 0.717) is 5.41 Å². The van der Waals surface area contributed by atoms with Gasteiger partial charge in [0.1, 0.15) is 5.60 Å². The second-order valence-corrected chi connectivity index (χ2v) is 12.6. The van der Waals surface area contributed by atoms with E-state index in [1.165, 1.54) is 25.7 Å². The highest BCUT2D eigenvalue weighted by atomic mass is 128. The smallest absolute Gasteiger partial charge is 0.155 e. The van der Waals surface area contributed by atoms with E-state index in [4.69, 9.17) is 6.42 Å². The van der Waals surface area contributed by atoms with Gasteiger partial charge in [-0.3, -0.25) is 9.59 Å². The molecule has 0 amide bonds. The van der Waals surface area contributed by atoms with Crippen LogP contribution in [0.25, 0.3) is 0 Å². The van der Waals surface area contributed by atoms with Gasteiger partial charge in [0.15, 0.2) is 11.6 Å². The van der Waals surface area contributed by atoms with E-state index in [2.05, 4.69) is 96.8 Å². The van der Waals surface area contributed by atoms with Crippen molar-refractivity contribution >= 4 is 48.8 Å². The van der Waals surface area contributed by atoms with Gasteiger partial charge in [-0.15, -0.1) is 6.42 Å². The zero-order chi connectivity index (χ0) is 27.5. The molecule has 3 nitrogen and oxygen atoms in total. The minimum atomic E-state index is -0.818. The molecule has 0 bridgehead atoms. The number of rotatable bonds is 2. The molecule has 3 aliphatic rings. The third-order valence-corrected chi connectivity index (χ3v) is 7.10. The number of hydrogen-bond acceptors (Lipinski definition) is 3. The summed E-state index contributed by atoms with van der Waals surface area (Å²) in [5.74, 6) is 2.99. The van der Waals surface area contributed by atoms with Crippen LogP contribution >= 0.6 is 37.2 Å². The van der Waals surface area contributed by atoms with E-state index < -0.39 is 5.60 Å². The first-order chi connectivity index (χ1) is 16.0. The zero-order valence-electron chi connectivity index (χ0n) is 23.3. The molecular formula is C30H48I2O3. The lowest BCUT2D eigenvalue weighted by atomic mass is 9.70. The van der Waals surface area contributed by atoms with Gasteiger partial charge in [0.2, 0.25) is 0 Å². The molecule has 0 radical (unpaired) electrons.